The molecule has 7 nitrogen and oxygen atoms in total. The lowest BCUT2D eigenvalue weighted by atomic mass is 9.92. The maximum Gasteiger partial charge on any atom is 0.272 e. The quantitative estimate of drug-likeness (QED) is 0.420. The molecule has 0 spiro atoms. The van der Waals surface area contributed by atoms with Crippen LogP contribution in [0.4, 0.5) is 0 Å². The number of hydrogen-bond donors (Lipinski definition) is 0. The number of imide groups is 1. The number of amides is 2. The van der Waals surface area contributed by atoms with E-state index in [1.165, 1.54) is 6.20 Å². The minimum atomic E-state index is -0.548. The van der Waals surface area contributed by atoms with Gasteiger partial charge in [-0.05, 0) is 17.6 Å². The van der Waals surface area contributed by atoms with Crippen LogP contribution in [0.2, 0.25) is 0 Å². The van der Waals surface area contributed by atoms with Crippen molar-refractivity contribution >= 4 is 18.0 Å². The van der Waals surface area contributed by atoms with Gasteiger partial charge in [-0.3, -0.25) is 24.4 Å². The molecular weight excluding hydrogens is 368 g/mol. The lowest BCUT2D eigenvalue weighted by molar-refractivity contribution is -0.141. The van der Waals surface area contributed by atoms with Gasteiger partial charge in [0.25, 0.3) is 11.8 Å². The normalized spacial score (nSPS) is 20.0. The number of carbonyl (C=O) groups is 2. The van der Waals surface area contributed by atoms with Gasteiger partial charge in [-0.1, -0.05) is 37.3 Å². The Morgan fingerprint density at radius 3 is 2.55 bits per heavy atom. The summed E-state index contributed by atoms with van der Waals surface area (Å²) in [6, 6.07) is 11.2. The number of benzene rings is 1. The third kappa shape index (κ3) is 4.86. The molecule has 2 aliphatic heterocycles. The van der Waals surface area contributed by atoms with Gasteiger partial charge in [0.05, 0.1) is 25.3 Å². The summed E-state index contributed by atoms with van der Waals surface area (Å²) in [6.45, 7) is 5.71. The Balaban J connectivity index is 1.84. The van der Waals surface area contributed by atoms with Crippen molar-refractivity contribution in [2.24, 2.45) is 4.99 Å². The van der Waals surface area contributed by atoms with Crippen LogP contribution in [0.15, 0.2) is 58.2 Å². The van der Waals surface area contributed by atoms with Gasteiger partial charge in [0.2, 0.25) is 0 Å². The van der Waals surface area contributed by atoms with Crippen LogP contribution in [0, 0.1) is 11.3 Å². The van der Waals surface area contributed by atoms with Crippen molar-refractivity contribution < 1.29 is 14.3 Å². The van der Waals surface area contributed by atoms with E-state index in [4.69, 9.17) is 4.74 Å². The van der Waals surface area contributed by atoms with Crippen LogP contribution in [0.25, 0.3) is 0 Å². The molecule has 2 aliphatic rings. The number of aliphatic imine (C=N–C) groups is 1. The molecule has 0 aliphatic carbocycles. The third-order valence-electron chi connectivity index (χ3n) is 4.96. The Labute approximate surface area is 170 Å². The van der Waals surface area contributed by atoms with E-state index < -0.39 is 11.8 Å². The first-order valence-electron chi connectivity index (χ1n) is 9.71. The van der Waals surface area contributed by atoms with E-state index in [1.807, 2.05) is 43.3 Å². The molecule has 3 rings (SSSR count). The average molecular weight is 392 g/mol. The van der Waals surface area contributed by atoms with Gasteiger partial charge in [0.1, 0.15) is 11.6 Å². The number of ether oxygens (including phenoxy) is 1. The van der Waals surface area contributed by atoms with Crippen LogP contribution in [-0.4, -0.2) is 60.7 Å². The zero-order valence-electron chi connectivity index (χ0n) is 16.5. The SMILES string of the molecule is CCC1=C(C#N)C(=O)N(Cc2ccccc2)C(=O)C1=CN=CCN1CCOCC1. The molecule has 1 saturated heterocycles. The van der Waals surface area contributed by atoms with Crippen LogP contribution in [-0.2, 0) is 20.9 Å². The average Bonchev–Trinajstić information content (AvgIpc) is 2.76. The largest absolute Gasteiger partial charge is 0.379 e. The van der Waals surface area contributed by atoms with Gasteiger partial charge in [-0.2, -0.15) is 5.26 Å². The number of nitriles is 1. The lowest BCUT2D eigenvalue weighted by Crippen LogP contribution is -2.42. The standard InChI is InChI=1S/C22H24N4O3/c1-2-18-19(14-23)21(27)26(16-17-6-4-3-5-7-17)22(28)20(18)15-24-8-9-25-10-12-29-13-11-25/h3-8,15H,2,9-13,16H2,1H3. The van der Waals surface area contributed by atoms with Crippen molar-refractivity contribution in [3.8, 4) is 6.07 Å². The first kappa shape index (κ1) is 20.6. The molecule has 0 saturated carbocycles. The van der Waals surface area contributed by atoms with E-state index >= 15 is 0 Å². The van der Waals surface area contributed by atoms with Crippen molar-refractivity contribution in [3.63, 3.8) is 0 Å². The molecule has 0 aromatic heterocycles. The Bertz CT molecular complexity index is 890. The monoisotopic (exact) mass is 392 g/mol. The maximum absolute atomic E-state index is 13.1. The Kier molecular flexibility index (Phi) is 7.06. The minimum absolute atomic E-state index is 0.0117. The Hall–Kier alpha value is -3.08. The van der Waals surface area contributed by atoms with E-state index in [0.29, 0.717) is 37.3 Å². The summed E-state index contributed by atoms with van der Waals surface area (Å²) >= 11 is 0. The molecule has 0 unspecified atom stereocenters. The van der Waals surface area contributed by atoms with Crippen LogP contribution < -0.4 is 0 Å². The molecule has 2 amide bonds. The predicted molar refractivity (Wildman–Crippen MR) is 109 cm³/mol. The fraction of sp³-hybridized carbons (Fsp3) is 0.364. The Morgan fingerprint density at radius 2 is 1.90 bits per heavy atom. The topological polar surface area (TPSA) is 86.0 Å². The summed E-state index contributed by atoms with van der Waals surface area (Å²) in [6.07, 6.45) is 3.62. The molecule has 2 heterocycles. The predicted octanol–water partition coefficient (Wildman–Crippen LogP) is 2.07. The molecule has 1 aromatic rings. The second-order valence-electron chi connectivity index (χ2n) is 6.79. The van der Waals surface area contributed by atoms with Gasteiger partial charge in [-0.25, -0.2) is 0 Å². The number of morpholine rings is 1. The second-order valence-corrected chi connectivity index (χ2v) is 6.79. The summed E-state index contributed by atoms with van der Waals surface area (Å²) in [5.41, 5.74) is 1.59. The highest BCUT2D eigenvalue weighted by Crippen LogP contribution is 2.28. The second kappa shape index (κ2) is 9.92. The molecule has 1 fully saturated rings. The number of carbonyl (C=O) groups excluding carboxylic acids is 2. The van der Waals surface area contributed by atoms with Gasteiger partial charge in [0.15, 0.2) is 0 Å². The highest BCUT2D eigenvalue weighted by Gasteiger charge is 2.36. The molecular formula is C22H24N4O3. The summed E-state index contributed by atoms with van der Waals surface area (Å²) < 4.78 is 5.32. The lowest BCUT2D eigenvalue weighted by Gasteiger charge is -2.28. The van der Waals surface area contributed by atoms with E-state index in [0.717, 1.165) is 23.6 Å². The first-order chi connectivity index (χ1) is 14.2. The zero-order valence-corrected chi connectivity index (χ0v) is 16.5. The van der Waals surface area contributed by atoms with E-state index in [9.17, 15) is 14.9 Å². The fourth-order valence-electron chi connectivity index (χ4n) is 3.36. The van der Waals surface area contributed by atoms with Crippen molar-refractivity contribution in [1.82, 2.24) is 9.80 Å². The molecule has 0 radical (unpaired) electrons. The van der Waals surface area contributed by atoms with Gasteiger partial charge in [0, 0.05) is 32.0 Å². The van der Waals surface area contributed by atoms with Crippen LogP contribution in [0.3, 0.4) is 0 Å². The van der Waals surface area contributed by atoms with E-state index in [1.54, 1.807) is 6.21 Å². The maximum atomic E-state index is 13.1. The highest BCUT2D eigenvalue weighted by molar-refractivity contribution is 6.18. The summed E-state index contributed by atoms with van der Waals surface area (Å²) in [7, 11) is 0. The number of hydrogen-bond acceptors (Lipinski definition) is 6. The highest BCUT2D eigenvalue weighted by atomic mass is 16.5. The van der Waals surface area contributed by atoms with Gasteiger partial charge in [-0.15, -0.1) is 0 Å². The summed E-state index contributed by atoms with van der Waals surface area (Å²) in [5.74, 6) is -0.967. The molecule has 0 N–H and O–H groups in total. The first-order valence-corrected chi connectivity index (χ1v) is 9.71. The molecule has 1 aromatic carbocycles. The fourth-order valence-corrected chi connectivity index (χ4v) is 3.36. The molecule has 150 valence electrons. The summed E-state index contributed by atoms with van der Waals surface area (Å²) in [5, 5.41) is 9.54. The molecule has 29 heavy (non-hydrogen) atoms. The molecule has 0 atom stereocenters. The summed E-state index contributed by atoms with van der Waals surface area (Å²) in [4.78, 5) is 33.5. The van der Waals surface area contributed by atoms with Crippen molar-refractivity contribution in [2.75, 3.05) is 32.8 Å². The van der Waals surface area contributed by atoms with E-state index in [2.05, 4.69) is 9.89 Å². The molecule has 7 heteroatoms. The minimum Gasteiger partial charge on any atom is -0.379 e. The van der Waals surface area contributed by atoms with Crippen molar-refractivity contribution in [1.29, 1.82) is 5.26 Å². The van der Waals surface area contributed by atoms with Crippen LogP contribution >= 0.6 is 0 Å². The third-order valence-corrected chi connectivity index (χ3v) is 4.96. The number of rotatable bonds is 6. The van der Waals surface area contributed by atoms with E-state index in [-0.39, 0.29) is 12.1 Å². The van der Waals surface area contributed by atoms with Crippen LogP contribution in [0.1, 0.15) is 18.9 Å². The van der Waals surface area contributed by atoms with Gasteiger partial charge < -0.3 is 4.74 Å². The smallest absolute Gasteiger partial charge is 0.272 e. The van der Waals surface area contributed by atoms with Crippen molar-refractivity contribution in [3.05, 3.63) is 58.8 Å². The number of nitrogens with zero attached hydrogens (tertiary/aromatic N) is 4. The van der Waals surface area contributed by atoms with Gasteiger partial charge >= 0.3 is 0 Å². The zero-order chi connectivity index (χ0) is 20.6. The van der Waals surface area contributed by atoms with Crippen molar-refractivity contribution in [2.45, 2.75) is 19.9 Å². The molecule has 0 bridgehead atoms. The van der Waals surface area contributed by atoms with Crippen LogP contribution in [0.5, 0.6) is 0 Å². The Morgan fingerprint density at radius 1 is 1.17 bits per heavy atom.